The van der Waals surface area contributed by atoms with Gasteiger partial charge in [-0.15, -0.1) is 11.6 Å². The summed E-state index contributed by atoms with van der Waals surface area (Å²) >= 11 is 10.3. The summed E-state index contributed by atoms with van der Waals surface area (Å²) in [6, 6.07) is 0. The van der Waals surface area contributed by atoms with Crippen LogP contribution in [0.25, 0.3) is 11.5 Å². The molecule has 0 N–H and O–H groups in total. The maximum absolute atomic E-state index is 5.56. The van der Waals surface area contributed by atoms with E-state index in [0.717, 1.165) is 10.2 Å². The van der Waals surface area contributed by atoms with Crippen molar-refractivity contribution in [2.75, 3.05) is 0 Å². The first-order chi connectivity index (χ1) is 6.31. The van der Waals surface area contributed by atoms with Gasteiger partial charge < -0.3 is 4.42 Å². The van der Waals surface area contributed by atoms with Crippen molar-refractivity contribution < 1.29 is 4.42 Å². The Morgan fingerprint density at radius 2 is 2.46 bits per heavy atom. The second kappa shape index (κ2) is 3.77. The fourth-order valence-corrected chi connectivity index (χ4v) is 2.20. The first-order valence-corrected chi connectivity index (χ1v) is 5.58. The molecule has 0 saturated carbocycles. The zero-order valence-electron chi connectivity index (χ0n) is 6.33. The third-order valence-corrected chi connectivity index (χ3v) is 3.19. The van der Waals surface area contributed by atoms with E-state index in [4.69, 9.17) is 16.0 Å². The fourth-order valence-electron chi connectivity index (χ4n) is 0.869. The lowest BCUT2D eigenvalue weighted by Crippen LogP contribution is -1.72. The van der Waals surface area contributed by atoms with Gasteiger partial charge in [0.05, 0.1) is 16.5 Å². The number of oxazole rings is 1. The van der Waals surface area contributed by atoms with Crippen LogP contribution in [0.4, 0.5) is 0 Å². The maximum atomic E-state index is 5.56. The van der Waals surface area contributed by atoms with Crippen molar-refractivity contribution in [3.05, 3.63) is 21.9 Å². The average molecular weight is 280 g/mol. The van der Waals surface area contributed by atoms with Crippen LogP contribution in [-0.2, 0) is 5.88 Å². The molecule has 0 aromatic carbocycles. The molecule has 0 spiro atoms. The predicted octanol–water partition coefficient (Wildman–Crippen LogP) is 3.30. The lowest BCUT2D eigenvalue weighted by molar-refractivity contribution is 0.527. The normalized spacial score (nSPS) is 10.6. The van der Waals surface area contributed by atoms with Gasteiger partial charge in [0.25, 0.3) is 0 Å². The Bertz CT molecular complexity index is 414. The lowest BCUT2D eigenvalue weighted by Gasteiger charge is -1.88. The molecule has 3 nitrogen and oxygen atoms in total. The number of halogens is 2. The van der Waals surface area contributed by atoms with Gasteiger partial charge in [-0.1, -0.05) is 0 Å². The van der Waals surface area contributed by atoms with Crippen LogP contribution >= 0.6 is 39.1 Å². The van der Waals surface area contributed by atoms with Crippen molar-refractivity contribution in [3.63, 3.8) is 0 Å². The summed E-state index contributed by atoms with van der Waals surface area (Å²) in [6.07, 6.45) is 1.62. The van der Waals surface area contributed by atoms with Crippen molar-refractivity contribution in [3.8, 4) is 11.5 Å². The lowest BCUT2D eigenvalue weighted by atomic mass is 10.4. The highest BCUT2D eigenvalue weighted by molar-refractivity contribution is 9.10. The molecule has 0 aliphatic carbocycles. The van der Waals surface area contributed by atoms with Gasteiger partial charge in [0.15, 0.2) is 5.76 Å². The van der Waals surface area contributed by atoms with E-state index in [0.29, 0.717) is 11.7 Å². The summed E-state index contributed by atoms with van der Waals surface area (Å²) in [5, 5.41) is 1.89. The smallest absolute Gasteiger partial charge is 0.209 e. The van der Waals surface area contributed by atoms with Gasteiger partial charge in [0.1, 0.15) is 5.69 Å². The molecular formula is C7H4BrClN2OS. The number of hydrogen-bond donors (Lipinski definition) is 0. The van der Waals surface area contributed by atoms with E-state index < -0.39 is 0 Å². The summed E-state index contributed by atoms with van der Waals surface area (Å²) in [5.41, 5.74) is 0.772. The van der Waals surface area contributed by atoms with Gasteiger partial charge >= 0.3 is 0 Å². The molecule has 0 aliphatic heterocycles. The quantitative estimate of drug-likeness (QED) is 0.792. The first kappa shape index (κ1) is 9.18. The molecule has 0 saturated heterocycles. The summed E-state index contributed by atoms with van der Waals surface area (Å²) in [7, 11) is 0. The Morgan fingerprint density at radius 3 is 3.00 bits per heavy atom. The van der Waals surface area contributed by atoms with Crippen LogP contribution in [0.3, 0.4) is 0 Å². The minimum Gasteiger partial charge on any atom is -0.438 e. The van der Waals surface area contributed by atoms with E-state index in [1.807, 2.05) is 5.38 Å². The second-order valence-electron chi connectivity index (χ2n) is 2.26. The Hall–Kier alpha value is -0.390. The number of alkyl halides is 1. The minimum atomic E-state index is 0.280. The monoisotopic (exact) mass is 278 g/mol. The molecule has 68 valence electrons. The zero-order chi connectivity index (χ0) is 9.26. The number of rotatable bonds is 2. The van der Waals surface area contributed by atoms with Gasteiger partial charge in [-0.05, 0) is 27.5 Å². The van der Waals surface area contributed by atoms with Gasteiger partial charge in [0.2, 0.25) is 5.89 Å². The molecular weight excluding hydrogens is 276 g/mol. The SMILES string of the molecule is ClCc1ncc(-c2nscc2Br)o1. The first-order valence-electron chi connectivity index (χ1n) is 3.42. The molecule has 2 heterocycles. The standard InChI is InChI=1S/C7H4BrClN2OS/c8-4-3-13-11-7(4)5-2-10-6(1-9)12-5/h2-3H,1H2. The highest BCUT2D eigenvalue weighted by Crippen LogP contribution is 2.28. The molecule has 2 aromatic rings. The molecule has 2 rings (SSSR count). The molecule has 0 bridgehead atoms. The summed E-state index contributed by atoms with van der Waals surface area (Å²) in [6.45, 7) is 0. The van der Waals surface area contributed by atoms with Gasteiger partial charge in [-0.25, -0.2) is 4.98 Å². The van der Waals surface area contributed by atoms with Crippen molar-refractivity contribution in [2.45, 2.75) is 5.88 Å². The number of hydrogen-bond acceptors (Lipinski definition) is 4. The molecule has 0 atom stereocenters. The highest BCUT2D eigenvalue weighted by Gasteiger charge is 2.11. The Kier molecular flexibility index (Phi) is 2.66. The van der Waals surface area contributed by atoms with Crippen LogP contribution in [0.15, 0.2) is 20.5 Å². The summed E-state index contributed by atoms with van der Waals surface area (Å²) in [5.74, 6) is 1.43. The summed E-state index contributed by atoms with van der Waals surface area (Å²) in [4.78, 5) is 3.98. The van der Waals surface area contributed by atoms with E-state index in [2.05, 4.69) is 25.3 Å². The van der Waals surface area contributed by atoms with Crippen LogP contribution in [0.5, 0.6) is 0 Å². The van der Waals surface area contributed by atoms with Crippen molar-refractivity contribution in [1.82, 2.24) is 9.36 Å². The van der Waals surface area contributed by atoms with Crippen molar-refractivity contribution in [1.29, 1.82) is 0 Å². The van der Waals surface area contributed by atoms with Crippen LogP contribution < -0.4 is 0 Å². The van der Waals surface area contributed by atoms with Crippen LogP contribution in [0, 0.1) is 0 Å². The molecule has 2 aromatic heterocycles. The fraction of sp³-hybridized carbons (Fsp3) is 0.143. The number of nitrogens with zero attached hydrogens (tertiary/aromatic N) is 2. The second-order valence-corrected chi connectivity index (χ2v) is 4.01. The van der Waals surface area contributed by atoms with E-state index in [1.165, 1.54) is 11.5 Å². The zero-order valence-corrected chi connectivity index (χ0v) is 9.49. The maximum Gasteiger partial charge on any atom is 0.209 e. The molecule has 0 radical (unpaired) electrons. The van der Waals surface area contributed by atoms with Gasteiger partial charge in [-0.2, -0.15) is 4.37 Å². The summed E-state index contributed by atoms with van der Waals surface area (Å²) < 4.78 is 10.4. The Morgan fingerprint density at radius 1 is 1.62 bits per heavy atom. The van der Waals surface area contributed by atoms with Crippen LogP contribution in [0.1, 0.15) is 5.89 Å². The van der Waals surface area contributed by atoms with Crippen LogP contribution in [-0.4, -0.2) is 9.36 Å². The topological polar surface area (TPSA) is 38.9 Å². The molecule has 0 aliphatic rings. The highest BCUT2D eigenvalue weighted by atomic mass is 79.9. The minimum absolute atomic E-state index is 0.280. The Labute approximate surface area is 92.0 Å². The van der Waals surface area contributed by atoms with Crippen molar-refractivity contribution in [2.24, 2.45) is 0 Å². The van der Waals surface area contributed by atoms with E-state index in [1.54, 1.807) is 6.20 Å². The predicted molar refractivity (Wildman–Crippen MR) is 54.9 cm³/mol. The van der Waals surface area contributed by atoms with E-state index >= 15 is 0 Å². The third kappa shape index (κ3) is 1.77. The molecule has 13 heavy (non-hydrogen) atoms. The van der Waals surface area contributed by atoms with Crippen LogP contribution in [0.2, 0.25) is 0 Å². The van der Waals surface area contributed by atoms with E-state index in [9.17, 15) is 0 Å². The average Bonchev–Trinajstić information content (AvgIpc) is 2.71. The Balaban J connectivity index is 2.41. The number of aromatic nitrogens is 2. The molecule has 0 amide bonds. The van der Waals surface area contributed by atoms with Gasteiger partial charge in [0, 0.05) is 5.38 Å². The third-order valence-electron chi connectivity index (χ3n) is 1.43. The molecule has 0 fully saturated rings. The van der Waals surface area contributed by atoms with Gasteiger partial charge in [-0.3, -0.25) is 0 Å². The van der Waals surface area contributed by atoms with Crippen molar-refractivity contribution >= 4 is 39.1 Å². The molecule has 0 unspecified atom stereocenters. The van der Waals surface area contributed by atoms with E-state index in [-0.39, 0.29) is 5.88 Å². The molecule has 6 heteroatoms. The largest absolute Gasteiger partial charge is 0.438 e.